The van der Waals surface area contributed by atoms with Gasteiger partial charge in [-0.25, -0.2) is 4.98 Å². The molecule has 2 aromatic rings. The zero-order valence-electron chi connectivity index (χ0n) is 10.8. The number of rotatable bonds is 5. The van der Waals surface area contributed by atoms with Gasteiger partial charge in [0.2, 0.25) is 10.1 Å². The Balaban J connectivity index is 2.08. The van der Waals surface area contributed by atoms with Crippen molar-refractivity contribution >= 4 is 21.4 Å². The lowest BCUT2D eigenvalue weighted by Crippen LogP contribution is -2.23. The molecule has 0 aliphatic heterocycles. The normalized spacial score (nSPS) is 13.1. The largest absolute Gasteiger partial charge is 0.358 e. The Hall–Kier alpha value is -1.47. The van der Waals surface area contributed by atoms with Crippen LogP contribution in [0, 0.1) is 0 Å². The highest BCUT2D eigenvalue weighted by molar-refractivity contribution is 7.20. The van der Waals surface area contributed by atoms with Gasteiger partial charge in [0.1, 0.15) is 0 Å². The van der Waals surface area contributed by atoms with Crippen LogP contribution < -0.4 is 10.9 Å². The first-order valence-electron chi connectivity index (χ1n) is 5.82. The molecular weight excluding hydrogens is 250 g/mol. The molecule has 0 saturated carbocycles. The van der Waals surface area contributed by atoms with Gasteiger partial charge < -0.3 is 10.2 Å². The highest BCUT2D eigenvalue weighted by Gasteiger charge is 2.09. The summed E-state index contributed by atoms with van der Waals surface area (Å²) in [7, 11) is 4.10. The fourth-order valence-corrected chi connectivity index (χ4v) is 2.42. The molecule has 0 amide bonds. The molecule has 0 saturated heterocycles. The van der Waals surface area contributed by atoms with Gasteiger partial charge >= 0.3 is 0 Å². The summed E-state index contributed by atoms with van der Waals surface area (Å²) >= 11 is 1.39. The molecule has 0 bridgehead atoms. The van der Waals surface area contributed by atoms with Gasteiger partial charge in [-0.15, -0.1) is 5.10 Å². The number of nitrogens with zero attached hydrogens (tertiary/aromatic N) is 4. The van der Waals surface area contributed by atoms with Crippen LogP contribution in [0.2, 0.25) is 0 Å². The summed E-state index contributed by atoms with van der Waals surface area (Å²) in [5.74, 6) is 0. The van der Waals surface area contributed by atoms with Crippen LogP contribution in [-0.2, 0) is 0 Å². The second kappa shape index (κ2) is 5.45. The van der Waals surface area contributed by atoms with E-state index in [2.05, 4.69) is 27.2 Å². The first-order chi connectivity index (χ1) is 8.56. The summed E-state index contributed by atoms with van der Waals surface area (Å²) in [5, 5.41) is 8.24. The maximum atomic E-state index is 11.5. The number of fused-ring (bicyclic) bond motifs is 1. The molecule has 0 fully saturated rings. The van der Waals surface area contributed by atoms with E-state index < -0.39 is 0 Å². The summed E-state index contributed by atoms with van der Waals surface area (Å²) in [6.07, 6.45) is 2.53. The quantitative estimate of drug-likeness (QED) is 0.872. The van der Waals surface area contributed by atoms with E-state index in [-0.39, 0.29) is 5.56 Å². The maximum absolute atomic E-state index is 11.5. The van der Waals surface area contributed by atoms with Gasteiger partial charge in [-0.05, 0) is 34.0 Å². The van der Waals surface area contributed by atoms with Gasteiger partial charge in [-0.2, -0.15) is 4.52 Å². The Morgan fingerprint density at radius 3 is 3.00 bits per heavy atom. The predicted molar refractivity (Wildman–Crippen MR) is 73.4 cm³/mol. The Bertz CT molecular complexity index is 576. The molecule has 1 N–H and O–H groups in total. The van der Waals surface area contributed by atoms with Gasteiger partial charge in [-0.3, -0.25) is 4.79 Å². The summed E-state index contributed by atoms with van der Waals surface area (Å²) in [4.78, 5) is 18.4. The number of nitrogens with one attached hydrogen (secondary N) is 1. The average Bonchev–Trinajstić information content (AvgIpc) is 2.70. The van der Waals surface area contributed by atoms with Crippen LogP contribution in [-0.4, -0.2) is 46.2 Å². The first kappa shape index (κ1) is 13.0. The van der Waals surface area contributed by atoms with Crippen LogP contribution >= 0.6 is 11.3 Å². The molecule has 0 aromatic carbocycles. The third-order valence-corrected chi connectivity index (χ3v) is 3.40. The van der Waals surface area contributed by atoms with Crippen molar-refractivity contribution in [3.8, 4) is 0 Å². The Kier molecular flexibility index (Phi) is 3.93. The molecule has 1 atom stereocenters. The van der Waals surface area contributed by atoms with Gasteiger partial charge in [-0.1, -0.05) is 11.3 Å². The Morgan fingerprint density at radius 2 is 2.33 bits per heavy atom. The van der Waals surface area contributed by atoms with E-state index in [0.29, 0.717) is 11.0 Å². The zero-order valence-corrected chi connectivity index (χ0v) is 11.6. The molecular formula is C11H17N5OS. The van der Waals surface area contributed by atoms with Gasteiger partial charge in [0.05, 0.1) is 0 Å². The third kappa shape index (κ3) is 3.05. The van der Waals surface area contributed by atoms with Crippen molar-refractivity contribution in [2.75, 3.05) is 26.0 Å². The van der Waals surface area contributed by atoms with Crippen LogP contribution in [0.5, 0.6) is 0 Å². The molecule has 6 nitrogen and oxygen atoms in total. The minimum absolute atomic E-state index is 0.148. The highest BCUT2D eigenvalue weighted by atomic mass is 32.1. The lowest BCUT2D eigenvalue weighted by atomic mass is 10.2. The van der Waals surface area contributed by atoms with E-state index in [9.17, 15) is 4.79 Å². The molecule has 98 valence electrons. The SMILES string of the molecule is CC(CCN(C)C)Nc1nn2c(=O)ccnc2s1. The summed E-state index contributed by atoms with van der Waals surface area (Å²) in [6.45, 7) is 3.11. The molecule has 18 heavy (non-hydrogen) atoms. The van der Waals surface area contributed by atoms with Gasteiger partial charge in [0.15, 0.2) is 0 Å². The first-order valence-corrected chi connectivity index (χ1v) is 6.64. The van der Waals surface area contributed by atoms with Crippen LogP contribution in [0.25, 0.3) is 4.96 Å². The zero-order chi connectivity index (χ0) is 13.1. The molecule has 1 unspecified atom stereocenters. The predicted octanol–water partition coefficient (Wildman–Crippen LogP) is 0.903. The van der Waals surface area contributed by atoms with E-state index in [4.69, 9.17) is 0 Å². The maximum Gasteiger partial charge on any atom is 0.275 e. The molecule has 2 rings (SSSR count). The van der Waals surface area contributed by atoms with Crippen molar-refractivity contribution in [2.24, 2.45) is 0 Å². The standard InChI is InChI=1S/C11H17N5OS/c1-8(5-7-15(2)3)13-10-14-16-9(17)4-6-12-11(16)18-10/h4,6,8H,5,7H2,1-3H3,(H,13,14). The Morgan fingerprint density at radius 1 is 1.56 bits per heavy atom. The molecule has 0 aliphatic rings. The molecule has 7 heteroatoms. The lowest BCUT2D eigenvalue weighted by molar-refractivity contribution is 0.390. The van der Waals surface area contributed by atoms with Crippen molar-refractivity contribution < 1.29 is 0 Å². The van der Waals surface area contributed by atoms with Crippen molar-refractivity contribution in [2.45, 2.75) is 19.4 Å². The van der Waals surface area contributed by atoms with E-state index in [0.717, 1.165) is 18.1 Å². The van der Waals surface area contributed by atoms with Crippen LogP contribution in [0.15, 0.2) is 17.1 Å². The number of anilines is 1. The van der Waals surface area contributed by atoms with E-state index in [1.807, 2.05) is 14.1 Å². The smallest absolute Gasteiger partial charge is 0.275 e. The molecule has 2 aromatic heterocycles. The fraction of sp³-hybridized carbons (Fsp3) is 0.545. The van der Waals surface area contributed by atoms with Crippen molar-refractivity contribution in [1.82, 2.24) is 19.5 Å². The minimum Gasteiger partial charge on any atom is -0.358 e. The average molecular weight is 267 g/mol. The molecule has 2 heterocycles. The van der Waals surface area contributed by atoms with E-state index in [1.54, 1.807) is 0 Å². The van der Waals surface area contributed by atoms with Crippen molar-refractivity contribution in [1.29, 1.82) is 0 Å². The molecule has 0 spiro atoms. The monoisotopic (exact) mass is 267 g/mol. The van der Waals surface area contributed by atoms with Crippen LogP contribution in [0.4, 0.5) is 5.13 Å². The second-order valence-corrected chi connectivity index (χ2v) is 5.48. The topological polar surface area (TPSA) is 62.5 Å². The van der Waals surface area contributed by atoms with Crippen LogP contribution in [0.1, 0.15) is 13.3 Å². The van der Waals surface area contributed by atoms with E-state index >= 15 is 0 Å². The van der Waals surface area contributed by atoms with Crippen molar-refractivity contribution in [3.05, 3.63) is 22.6 Å². The molecule has 0 aliphatic carbocycles. The molecule has 0 radical (unpaired) electrons. The number of hydrogen-bond donors (Lipinski definition) is 1. The van der Waals surface area contributed by atoms with E-state index in [1.165, 1.54) is 28.1 Å². The summed E-state index contributed by atoms with van der Waals surface area (Å²) in [6, 6.07) is 1.72. The third-order valence-electron chi connectivity index (χ3n) is 2.55. The van der Waals surface area contributed by atoms with Gasteiger partial charge in [0, 0.05) is 18.3 Å². The number of aromatic nitrogens is 3. The fourth-order valence-electron chi connectivity index (χ4n) is 1.54. The lowest BCUT2D eigenvalue weighted by Gasteiger charge is -2.15. The van der Waals surface area contributed by atoms with Crippen molar-refractivity contribution in [3.63, 3.8) is 0 Å². The minimum atomic E-state index is -0.148. The summed E-state index contributed by atoms with van der Waals surface area (Å²) in [5.41, 5.74) is -0.148. The summed E-state index contributed by atoms with van der Waals surface area (Å²) < 4.78 is 1.33. The second-order valence-electron chi connectivity index (χ2n) is 4.52. The highest BCUT2D eigenvalue weighted by Crippen LogP contribution is 2.17. The Labute approximate surface area is 109 Å². The van der Waals surface area contributed by atoms with Crippen LogP contribution in [0.3, 0.4) is 0 Å². The van der Waals surface area contributed by atoms with Gasteiger partial charge in [0.25, 0.3) is 5.56 Å². The number of hydrogen-bond acceptors (Lipinski definition) is 6.